The van der Waals surface area contributed by atoms with Crippen LogP contribution < -0.4 is 0 Å². The van der Waals surface area contributed by atoms with Gasteiger partial charge in [0, 0.05) is 23.5 Å². The van der Waals surface area contributed by atoms with E-state index >= 15 is 0 Å². The summed E-state index contributed by atoms with van der Waals surface area (Å²) >= 11 is 0. The number of aromatic nitrogens is 7. The molecule has 5 rings (SSSR count). The van der Waals surface area contributed by atoms with Gasteiger partial charge in [-0.3, -0.25) is 9.67 Å². The Kier molecular flexibility index (Phi) is 4.25. The lowest BCUT2D eigenvalue weighted by Gasteiger charge is -2.13. The summed E-state index contributed by atoms with van der Waals surface area (Å²) in [7, 11) is 0. The first-order valence-electron chi connectivity index (χ1n) is 9.40. The monoisotopic (exact) mass is 385 g/mol. The zero-order chi connectivity index (χ0) is 19.8. The second-order valence-corrected chi connectivity index (χ2v) is 7.02. The molecule has 29 heavy (non-hydrogen) atoms. The Morgan fingerprint density at radius 2 is 2.07 bits per heavy atom. The van der Waals surface area contributed by atoms with Gasteiger partial charge in [-0.05, 0) is 54.8 Å². The van der Waals surface area contributed by atoms with Crippen molar-refractivity contribution in [2.45, 2.75) is 19.9 Å². The zero-order valence-corrected chi connectivity index (χ0v) is 15.9. The number of hydrogen-bond acceptors (Lipinski definition) is 6. The van der Waals surface area contributed by atoms with Crippen LogP contribution in [0.5, 0.6) is 0 Å². The standard InChI is InChI=1S/C21H19N7O/c1-14-2-5-20-24-25-21(28(20)26-14)9-15-3-4-19-16(8-15)10-17(11-22-19)18-12-23-27(13-18)6-7-29/h2-5,9-13,29H,6-8H2,1H3. The maximum absolute atomic E-state index is 9.07. The SMILES string of the molecule is Cc1ccc2nnc(C=C3C=Cc4ncc(-c5cnn(CCO)c5)cc4C3)n2n1. The molecule has 1 aliphatic rings. The fourth-order valence-corrected chi connectivity index (χ4v) is 3.42. The van der Waals surface area contributed by atoms with Crippen LogP contribution in [0.25, 0.3) is 28.9 Å². The normalized spacial score (nSPS) is 14.6. The molecule has 0 bridgehead atoms. The molecule has 0 radical (unpaired) electrons. The van der Waals surface area contributed by atoms with Crippen LogP contribution in [-0.4, -0.2) is 46.3 Å². The van der Waals surface area contributed by atoms with Crippen molar-refractivity contribution in [3.8, 4) is 11.1 Å². The van der Waals surface area contributed by atoms with Gasteiger partial charge in [0.2, 0.25) is 0 Å². The number of aliphatic hydroxyl groups excluding tert-OH is 1. The third-order valence-corrected chi connectivity index (χ3v) is 4.88. The van der Waals surface area contributed by atoms with Crippen molar-refractivity contribution in [1.82, 2.24) is 34.6 Å². The molecular weight excluding hydrogens is 366 g/mol. The lowest BCUT2D eigenvalue weighted by atomic mass is 9.95. The topological polar surface area (TPSA) is 94.0 Å². The highest BCUT2D eigenvalue weighted by molar-refractivity contribution is 5.69. The van der Waals surface area contributed by atoms with E-state index in [4.69, 9.17) is 5.11 Å². The largest absolute Gasteiger partial charge is 0.394 e. The molecule has 4 aromatic rings. The maximum Gasteiger partial charge on any atom is 0.178 e. The molecule has 0 atom stereocenters. The van der Waals surface area contributed by atoms with Gasteiger partial charge >= 0.3 is 0 Å². The van der Waals surface area contributed by atoms with E-state index in [9.17, 15) is 0 Å². The Hall–Kier alpha value is -3.65. The number of pyridine rings is 1. The Labute approximate surface area is 166 Å². The maximum atomic E-state index is 9.07. The van der Waals surface area contributed by atoms with E-state index in [1.54, 1.807) is 15.4 Å². The van der Waals surface area contributed by atoms with E-state index in [-0.39, 0.29) is 6.61 Å². The summed E-state index contributed by atoms with van der Waals surface area (Å²) in [6.07, 6.45) is 12.4. The number of aryl methyl sites for hydroxylation is 1. The van der Waals surface area contributed by atoms with Crippen molar-refractivity contribution < 1.29 is 5.11 Å². The first-order valence-corrected chi connectivity index (χ1v) is 9.40. The van der Waals surface area contributed by atoms with Crippen molar-refractivity contribution in [3.05, 3.63) is 71.2 Å². The molecule has 0 aromatic carbocycles. The number of hydrogen-bond donors (Lipinski definition) is 1. The fourth-order valence-electron chi connectivity index (χ4n) is 3.42. The minimum Gasteiger partial charge on any atom is -0.394 e. The van der Waals surface area contributed by atoms with Gasteiger partial charge < -0.3 is 5.11 Å². The Balaban J connectivity index is 1.46. The molecule has 0 saturated heterocycles. The second kappa shape index (κ2) is 7.06. The lowest BCUT2D eigenvalue weighted by Crippen LogP contribution is -2.02. The molecule has 0 fully saturated rings. The van der Waals surface area contributed by atoms with Gasteiger partial charge in [-0.2, -0.15) is 14.7 Å². The molecule has 8 nitrogen and oxygen atoms in total. The highest BCUT2D eigenvalue weighted by Gasteiger charge is 2.13. The van der Waals surface area contributed by atoms with Crippen LogP contribution >= 0.6 is 0 Å². The van der Waals surface area contributed by atoms with Gasteiger partial charge in [-0.1, -0.05) is 6.08 Å². The summed E-state index contributed by atoms with van der Waals surface area (Å²) in [4.78, 5) is 4.60. The van der Waals surface area contributed by atoms with Gasteiger partial charge in [0.1, 0.15) is 0 Å². The van der Waals surface area contributed by atoms with E-state index in [1.165, 1.54) is 0 Å². The lowest BCUT2D eigenvalue weighted by molar-refractivity contribution is 0.269. The van der Waals surface area contributed by atoms with Gasteiger partial charge in [0.15, 0.2) is 11.5 Å². The molecular formula is C21H19N7O. The van der Waals surface area contributed by atoms with Crippen LogP contribution in [0.1, 0.15) is 22.8 Å². The van der Waals surface area contributed by atoms with Crippen LogP contribution in [0.3, 0.4) is 0 Å². The molecule has 1 N–H and O–H groups in total. The van der Waals surface area contributed by atoms with Gasteiger partial charge in [0.25, 0.3) is 0 Å². The van der Waals surface area contributed by atoms with E-state index in [2.05, 4.69) is 37.5 Å². The Bertz CT molecular complexity index is 1270. The molecule has 144 valence electrons. The minimum atomic E-state index is 0.0637. The van der Waals surface area contributed by atoms with Crippen LogP contribution in [-0.2, 0) is 13.0 Å². The average Bonchev–Trinajstić information content (AvgIpc) is 3.35. The van der Waals surface area contributed by atoms with E-state index in [1.807, 2.05) is 43.6 Å². The predicted octanol–water partition coefficient (Wildman–Crippen LogP) is 2.34. The smallest absolute Gasteiger partial charge is 0.178 e. The van der Waals surface area contributed by atoms with Crippen molar-refractivity contribution in [1.29, 1.82) is 0 Å². The van der Waals surface area contributed by atoms with Gasteiger partial charge in [0.05, 0.1) is 30.7 Å². The molecule has 4 aromatic heterocycles. The van der Waals surface area contributed by atoms with Crippen LogP contribution in [0.4, 0.5) is 0 Å². The van der Waals surface area contributed by atoms with Gasteiger partial charge in [-0.15, -0.1) is 10.2 Å². The average molecular weight is 385 g/mol. The van der Waals surface area contributed by atoms with Crippen LogP contribution in [0.2, 0.25) is 0 Å². The minimum absolute atomic E-state index is 0.0637. The van der Waals surface area contributed by atoms with Crippen LogP contribution in [0, 0.1) is 6.92 Å². The summed E-state index contributed by atoms with van der Waals surface area (Å²) < 4.78 is 3.49. The summed E-state index contributed by atoms with van der Waals surface area (Å²) in [5.41, 5.74) is 6.86. The molecule has 0 amide bonds. The molecule has 0 aliphatic heterocycles. The quantitative estimate of drug-likeness (QED) is 0.579. The number of fused-ring (bicyclic) bond motifs is 2. The number of nitrogens with zero attached hydrogens (tertiary/aromatic N) is 7. The Morgan fingerprint density at radius 3 is 2.97 bits per heavy atom. The number of aliphatic hydroxyl groups is 1. The summed E-state index contributed by atoms with van der Waals surface area (Å²) in [5.74, 6) is 0.709. The Morgan fingerprint density at radius 1 is 1.14 bits per heavy atom. The zero-order valence-electron chi connectivity index (χ0n) is 15.9. The predicted molar refractivity (Wildman–Crippen MR) is 109 cm³/mol. The molecule has 0 saturated carbocycles. The molecule has 8 heteroatoms. The fraction of sp³-hybridized carbons (Fsp3) is 0.190. The molecule has 4 heterocycles. The molecule has 1 aliphatic carbocycles. The highest BCUT2D eigenvalue weighted by Crippen LogP contribution is 2.27. The van der Waals surface area contributed by atoms with E-state index in [0.29, 0.717) is 12.4 Å². The highest BCUT2D eigenvalue weighted by atomic mass is 16.3. The van der Waals surface area contributed by atoms with Crippen molar-refractivity contribution >= 4 is 17.8 Å². The van der Waals surface area contributed by atoms with Gasteiger partial charge in [-0.25, -0.2) is 0 Å². The number of allylic oxidation sites excluding steroid dienone is 2. The first-order chi connectivity index (χ1) is 14.2. The van der Waals surface area contributed by atoms with Crippen LogP contribution in [0.15, 0.2) is 48.4 Å². The van der Waals surface area contributed by atoms with Crippen molar-refractivity contribution in [2.75, 3.05) is 6.61 Å². The summed E-state index contributed by atoms with van der Waals surface area (Å²) in [6, 6.07) is 5.98. The number of rotatable bonds is 4. The molecule has 0 spiro atoms. The first kappa shape index (κ1) is 17.4. The summed E-state index contributed by atoms with van der Waals surface area (Å²) in [6.45, 7) is 2.49. The second-order valence-electron chi connectivity index (χ2n) is 7.02. The summed E-state index contributed by atoms with van der Waals surface area (Å²) in [5, 5.41) is 26.3. The van der Waals surface area contributed by atoms with E-state index in [0.717, 1.165) is 45.7 Å². The third-order valence-electron chi connectivity index (χ3n) is 4.88. The van der Waals surface area contributed by atoms with Crippen molar-refractivity contribution in [3.63, 3.8) is 0 Å². The molecule has 0 unspecified atom stereocenters. The third kappa shape index (κ3) is 3.34. The van der Waals surface area contributed by atoms with E-state index < -0.39 is 0 Å². The van der Waals surface area contributed by atoms with Crippen molar-refractivity contribution in [2.24, 2.45) is 0 Å².